The Morgan fingerprint density at radius 1 is 1.24 bits per heavy atom. The second kappa shape index (κ2) is 7.47. The molecule has 1 fully saturated rings. The molecule has 6 heteroatoms. The van der Waals surface area contributed by atoms with E-state index in [1.807, 2.05) is 12.1 Å². The van der Waals surface area contributed by atoms with Gasteiger partial charge in [0.1, 0.15) is 18.0 Å². The highest BCUT2D eigenvalue weighted by atomic mass is 79.9. The summed E-state index contributed by atoms with van der Waals surface area (Å²) in [6.07, 6.45) is 1.37. The lowest BCUT2D eigenvalue weighted by Gasteiger charge is -2.32. The van der Waals surface area contributed by atoms with Crippen LogP contribution < -0.4 is 4.74 Å². The normalized spacial score (nSPS) is 18.0. The fourth-order valence-corrected chi connectivity index (χ4v) is 4.58. The topological polar surface area (TPSA) is 32.7 Å². The van der Waals surface area contributed by atoms with Crippen molar-refractivity contribution in [1.82, 2.24) is 4.90 Å². The maximum atomic E-state index is 10.4. The van der Waals surface area contributed by atoms with Gasteiger partial charge in [-0.3, -0.25) is 0 Å². The van der Waals surface area contributed by atoms with Crippen LogP contribution in [0.1, 0.15) is 12.8 Å². The van der Waals surface area contributed by atoms with Crippen LogP contribution in [0.5, 0.6) is 5.75 Å². The molecule has 0 saturated carbocycles. The van der Waals surface area contributed by atoms with E-state index in [1.165, 1.54) is 0 Å². The van der Waals surface area contributed by atoms with E-state index in [-0.39, 0.29) is 6.61 Å². The third-order valence-electron chi connectivity index (χ3n) is 3.39. The van der Waals surface area contributed by atoms with Gasteiger partial charge in [0.05, 0.1) is 8.95 Å². The molecule has 0 radical (unpaired) electrons. The summed E-state index contributed by atoms with van der Waals surface area (Å²) in [7, 11) is 2.05. The molecule has 0 aromatic heterocycles. The summed E-state index contributed by atoms with van der Waals surface area (Å²) < 4.78 is 8.33. The Morgan fingerprint density at radius 3 is 2.38 bits per heavy atom. The van der Waals surface area contributed by atoms with Crippen LogP contribution in [0.3, 0.4) is 0 Å². The Balaban J connectivity index is 1.95. The van der Waals surface area contributed by atoms with E-state index in [2.05, 4.69) is 71.6 Å². The third kappa shape index (κ3) is 4.97. The van der Waals surface area contributed by atoms with Crippen LogP contribution in [0.15, 0.2) is 25.6 Å². The molecule has 1 aromatic rings. The van der Waals surface area contributed by atoms with Crippen LogP contribution >= 0.6 is 47.8 Å². The van der Waals surface area contributed by atoms with Crippen LogP contribution in [0.4, 0.5) is 0 Å². The van der Waals surface area contributed by atoms with Gasteiger partial charge in [0.2, 0.25) is 0 Å². The number of likely N-dealkylation sites (tertiary alicyclic amines) is 1. The minimum atomic E-state index is -0.871. The lowest BCUT2D eigenvalue weighted by molar-refractivity contribution is 0.0348. The highest BCUT2D eigenvalue weighted by Crippen LogP contribution is 2.36. The molecule has 114 valence electrons. The second-order valence-electron chi connectivity index (χ2n) is 5.12. The molecule has 21 heavy (non-hydrogen) atoms. The minimum absolute atomic E-state index is 0.247. The highest BCUT2D eigenvalue weighted by molar-refractivity contribution is 9.11. The molecule has 1 aromatic carbocycles. The molecule has 1 saturated heterocycles. The number of piperidine rings is 1. The number of benzene rings is 1. The Labute approximate surface area is 150 Å². The van der Waals surface area contributed by atoms with Crippen LogP contribution in [-0.2, 0) is 0 Å². The zero-order valence-corrected chi connectivity index (χ0v) is 16.4. The molecule has 0 unspecified atom stereocenters. The smallest absolute Gasteiger partial charge is 0.149 e. The summed E-state index contributed by atoms with van der Waals surface area (Å²) in [5.41, 5.74) is -0.871. The lowest BCUT2D eigenvalue weighted by atomic mass is 9.92. The number of halogens is 3. The zero-order valence-electron chi connectivity index (χ0n) is 11.6. The fraction of sp³-hybridized carbons (Fsp3) is 0.467. The first-order chi connectivity index (χ1) is 9.89. The van der Waals surface area contributed by atoms with Gasteiger partial charge in [-0.05, 0) is 51.0 Å². The SMILES string of the molecule is CN1CCC(O)(C#CCOc2c(Br)cc(Br)cc2Br)CC1. The minimum Gasteiger partial charge on any atom is -0.479 e. The van der Waals surface area contributed by atoms with Gasteiger partial charge in [0.25, 0.3) is 0 Å². The highest BCUT2D eigenvalue weighted by Gasteiger charge is 2.28. The predicted molar refractivity (Wildman–Crippen MR) is 94.5 cm³/mol. The quantitative estimate of drug-likeness (QED) is 0.652. The Hall–Kier alpha value is -0.0600. The van der Waals surface area contributed by atoms with Gasteiger partial charge < -0.3 is 14.7 Å². The first-order valence-electron chi connectivity index (χ1n) is 6.58. The van der Waals surface area contributed by atoms with Crippen LogP contribution in [-0.4, -0.2) is 42.4 Å². The van der Waals surface area contributed by atoms with Gasteiger partial charge >= 0.3 is 0 Å². The van der Waals surface area contributed by atoms with Gasteiger partial charge in [-0.25, -0.2) is 0 Å². The van der Waals surface area contributed by atoms with Gasteiger partial charge in [-0.15, -0.1) is 0 Å². The van der Waals surface area contributed by atoms with Gasteiger partial charge in [0, 0.05) is 30.4 Å². The molecule has 2 rings (SSSR count). The molecule has 0 bridgehead atoms. The molecule has 0 atom stereocenters. The lowest BCUT2D eigenvalue weighted by Crippen LogP contribution is -2.41. The first-order valence-corrected chi connectivity index (χ1v) is 8.96. The Kier molecular flexibility index (Phi) is 6.15. The number of nitrogens with zero attached hydrogens (tertiary/aromatic N) is 1. The molecular formula is C15H16Br3NO2. The molecule has 0 amide bonds. The number of ether oxygens (including phenoxy) is 1. The van der Waals surface area contributed by atoms with Crippen molar-refractivity contribution >= 4 is 47.8 Å². The van der Waals surface area contributed by atoms with Crippen LogP contribution in [0, 0.1) is 11.8 Å². The van der Waals surface area contributed by atoms with Crippen molar-refractivity contribution in [2.75, 3.05) is 26.7 Å². The first kappa shape index (κ1) is 17.3. The van der Waals surface area contributed by atoms with Gasteiger partial charge in [-0.1, -0.05) is 27.8 Å². The predicted octanol–water partition coefficient (Wildman–Crippen LogP) is 3.81. The maximum Gasteiger partial charge on any atom is 0.149 e. The van der Waals surface area contributed by atoms with Crippen LogP contribution in [0.25, 0.3) is 0 Å². The van der Waals surface area contributed by atoms with E-state index < -0.39 is 5.60 Å². The summed E-state index contributed by atoms with van der Waals surface area (Å²) in [5, 5.41) is 10.4. The van der Waals surface area contributed by atoms with Crippen molar-refractivity contribution < 1.29 is 9.84 Å². The second-order valence-corrected chi connectivity index (χ2v) is 7.75. The summed E-state index contributed by atoms with van der Waals surface area (Å²) in [5.74, 6) is 6.60. The van der Waals surface area contributed by atoms with E-state index in [9.17, 15) is 5.11 Å². The molecule has 1 N–H and O–H groups in total. The fourth-order valence-electron chi connectivity index (χ4n) is 2.09. The van der Waals surface area contributed by atoms with E-state index in [0.717, 1.165) is 26.5 Å². The van der Waals surface area contributed by atoms with Crippen molar-refractivity contribution in [1.29, 1.82) is 0 Å². The molecular weight excluding hydrogens is 466 g/mol. The molecule has 1 heterocycles. The van der Waals surface area contributed by atoms with E-state index in [0.29, 0.717) is 18.6 Å². The van der Waals surface area contributed by atoms with Crippen molar-refractivity contribution in [3.63, 3.8) is 0 Å². The summed E-state index contributed by atoms with van der Waals surface area (Å²) in [6.45, 7) is 1.99. The van der Waals surface area contributed by atoms with Crippen molar-refractivity contribution in [2.24, 2.45) is 0 Å². The largest absolute Gasteiger partial charge is 0.479 e. The van der Waals surface area contributed by atoms with Crippen molar-refractivity contribution in [2.45, 2.75) is 18.4 Å². The average molecular weight is 482 g/mol. The molecule has 1 aliphatic heterocycles. The third-order valence-corrected chi connectivity index (χ3v) is 5.02. The van der Waals surface area contributed by atoms with E-state index >= 15 is 0 Å². The Bertz CT molecular complexity index is 549. The standard InChI is InChI=1S/C15H16Br3NO2/c1-19-6-4-15(20,5-7-19)3-2-8-21-14-12(17)9-11(16)10-13(14)18/h9-10,20H,4-8H2,1H3. The van der Waals surface area contributed by atoms with Gasteiger partial charge in [-0.2, -0.15) is 0 Å². The number of aliphatic hydroxyl groups is 1. The van der Waals surface area contributed by atoms with Gasteiger partial charge in [0.15, 0.2) is 0 Å². The van der Waals surface area contributed by atoms with Crippen LogP contribution in [0.2, 0.25) is 0 Å². The molecule has 0 spiro atoms. The number of hydrogen-bond acceptors (Lipinski definition) is 3. The zero-order chi connectivity index (χ0) is 15.5. The molecule has 1 aliphatic rings. The molecule has 3 nitrogen and oxygen atoms in total. The van der Waals surface area contributed by atoms with Crippen molar-refractivity contribution in [3.05, 3.63) is 25.6 Å². The summed E-state index contributed by atoms with van der Waals surface area (Å²) in [6, 6.07) is 3.83. The average Bonchev–Trinajstić information content (AvgIpc) is 2.41. The Morgan fingerprint density at radius 2 is 1.81 bits per heavy atom. The summed E-state index contributed by atoms with van der Waals surface area (Å²) in [4.78, 5) is 2.20. The monoisotopic (exact) mass is 479 g/mol. The number of rotatable bonds is 2. The van der Waals surface area contributed by atoms with E-state index in [4.69, 9.17) is 4.74 Å². The number of hydrogen-bond donors (Lipinski definition) is 1. The molecule has 0 aliphatic carbocycles. The maximum absolute atomic E-state index is 10.4. The summed E-state index contributed by atoms with van der Waals surface area (Å²) >= 11 is 10.3. The van der Waals surface area contributed by atoms with E-state index in [1.54, 1.807) is 0 Å². The van der Waals surface area contributed by atoms with Crippen molar-refractivity contribution in [3.8, 4) is 17.6 Å².